The summed E-state index contributed by atoms with van der Waals surface area (Å²) < 4.78 is 7.17. The first kappa shape index (κ1) is 20.6. The molecule has 2 atom stereocenters. The lowest BCUT2D eigenvalue weighted by Crippen LogP contribution is -2.26. The minimum atomic E-state index is -0.207. The smallest absolute Gasteiger partial charge is 0.140 e. The van der Waals surface area contributed by atoms with Crippen molar-refractivity contribution in [1.29, 1.82) is 5.26 Å². The first-order valence-corrected chi connectivity index (χ1v) is 11.6. The van der Waals surface area contributed by atoms with Crippen molar-refractivity contribution < 1.29 is 9.84 Å². The Bertz CT molecular complexity index is 1280. The van der Waals surface area contributed by atoms with Crippen molar-refractivity contribution in [2.24, 2.45) is 5.92 Å². The molecule has 1 aliphatic rings. The number of ether oxygens (including phenoxy) is 1. The largest absolute Gasteiger partial charge is 0.457 e. The number of aliphatic hydroxyl groups excluding tert-OH is 1. The highest BCUT2D eigenvalue weighted by molar-refractivity contribution is 7.18. The van der Waals surface area contributed by atoms with Crippen molar-refractivity contribution in [3.8, 4) is 28.8 Å². The van der Waals surface area contributed by atoms with Gasteiger partial charge in [0.2, 0.25) is 0 Å². The van der Waals surface area contributed by atoms with E-state index in [4.69, 9.17) is 15.0 Å². The lowest BCUT2D eigenvalue weighted by atomic mass is 9.84. The van der Waals surface area contributed by atoms with Crippen LogP contribution in [0.15, 0.2) is 54.9 Å². The topological polar surface area (TPSA) is 91.9 Å². The number of hydrogen-bond acceptors (Lipinski definition) is 7. The highest BCUT2D eigenvalue weighted by Gasteiger charge is 2.24. The number of rotatable bonds is 5. The van der Waals surface area contributed by atoms with E-state index >= 15 is 0 Å². The second kappa shape index (κ2) is 9.03. The standard InChI is InChI=1S/C25H22N4O2S/c26-14-18-6-5-17(15-28-18)22-12-20(9-10-27-22)31-19-7-8-21-24(13-19)32-25(29-21)11-16-3-1-2-4-23(16)30/h5-10,12-13,15-16,23,30H,1-4,11H2/t16-,23+/m0/s1. The van der Waals surface area contributed by atoms with Crippen LogP contribution in [0, 0.1) is 17.2 Å². The molecule has 1 aliphatic carbocycles. The van der Waals surface area contributed by atoms with Crippen LogP contribution in [0.1, 0.15) is 36.4 Å². The summed E-state index contributed by atoms with van der Waals surface area (Å²) in [6.45, 7) is 0. The SMILES string of the molecule is N#Cc1ccc(-c2cc(Oc3ccc4nc(C[C@@H]5CCCC[C@H]5O)sc4c3)ccn2)cn1. The van der Waals surface area contributed by atoms with E-state index in [9.17, 15) is 5.11 Å². The molecule has 0 amide bonds. The number of nitrogens with zero attached hydrogens (tertiary/aromatic N) is 4. The third kappa shape index (κ3) is 4.47. The van der Waals surface area contributed by atoms with Gasteiger partial charge in [-0.1, -0.05) is 12.8 Å². The predicted octanol–water partition coefficient (Wildman–Crippen LogP) is 5.51. The van der Waals surface area contributed by atoms with Gasteiger partial charge in [0.15, 0.2) is 0 Å². The highest BCUT2D eigenvalue weighted by Crippen LogP contribution is 2.33. The molecule has 0 radical (unpaired) electrons. The molecule has 0 unspecified atom stereocenters. The lowest BCUT2D eigenvalue weighted by molar-refractivity contribution is 0.0700. The fraction of sp³-hybridized carbons (Fsp3) is 0.280. The van der Waals surface area contributed by atoms with Crippen molar-refractivity contribution in [2.75, 3.05) is 0 Å². The van der Waals surface area contributed by atoms with Crippen LogP contribution in [0.4, 0.5) is 0 Å². The van der Waals surface area contributed by atoms with E-state index in [1.54, 1.807) is 29.8 Å². The molecule has 4 aromatic rings. The van der Waals surface area contributed by atoms with Crippen LogP contribution in [0.5, 0.6) is 11.5 Å². The van der Waals surface area contributed by atoms with Crippen LogP contribution < -0.4 is 4.74 Å². The van der Waals surface area contributed by atoms with Gasteiger partial charge in [-0.3, -0.25) is 4.98 Å². The van der Waals surface area contributed by atoms with Gasteiger partial charge in [0.05, 0.1) is 27.0 Å². The molecule has 0 bridgehead atoms. The Labute approximate surface area is 190 Å². The van der Waals surface area contributed by atoms with Gasteiger partial charge in [-0.05, 0) is 49.1 Å². The van der Waals surface area contributed by atoms with E-state index < -0.39 is 0 Å². The summed E-state index contributed by atoms with van der Waals surface area (Å²) in [6.07, 6.45) is 8.25. The zero-order chi connectivity index (χ0) is 21.9. The quantitative estimate of drug-likeness (QED) is 0.438. The summed E-state index contributed by atoms with van der Waals surface area (Å²) in [6, 6.07) is 15.1. The summed E-state index contributed by atoms with van der Waals surface area (Å²) >= 11 is 1.67. The summed E-state index contributed by atoms with van der Waals surface area (Å²) in [5.41, 5.74) is 2.88. The maximum absolute atomic E-state index is 10.3. The first-order valence-electron chi connectivity index (χ1n) is 10.8. The second-order valence-electron chi connectivity index (χ2n) is 8.08. The minimum absolute atomic E-state index is 0.207. The number of hydrogen-bond donors (Lipinski definition) is 1. The van der Waals surface area contributed by atoms with Crippen LogP contribution in [-0.4, -0.2) is 26.2 Å². The molecular weight excluding hydrogens is 420 g/mol. The molecule has 3 aromatic heterocycles. The molecule has 160 valence electrons. The Hall–Kier alpha value is -3.34. The zero-order valence-corrected chi connectivity index (χ0v) is 18.3. The molecule has 1 N–H and O–H groups in total. The van der Waals surface area contributed by atoms with Gasteiger partial charge >= 0.3 is 0 Å². The summed E-state index contributed by atoms with van der Waals surface area (Å²) in [7, 11) is 0. The van der Waals surface area contributed by atoms with Gasteiger partial charge in [-0.25, -0.2) is 9.97 Å². The van der Waals surface area contributed by atoms with E-state index in [-0.39, 0.29) is 6.10 Å². The number of fused-ring (bicyclic) bond motifs is 1. The van der Waals surface area contributed by atoms with Gasteiger partial charge in [-0.2, -0.15) is 5.26 Å². The van der Waals surface area contributed by atoms with Gasteiger partial charge in [-0.15, -0.1) is 11.3 Å². The Morgan fingerprint density at radius 1 is 1.06 bits per heavy atom. The van der Waals surface area contributed by atoms with Crippen molar-refractivity contribution in [2.45, 2.75) is 38.2 Å². The van der Waals surface area contributed by atoms with E-state index in [1.807, 2.05) is 42.5 Å². The Morgan fingerprint density at radius 2 is 1.94 bits per heavy atom. The number of benzene rings is 1. The average molecular weight is 443 g/mol. The van der Waals surface area contributed by atoms with E-state index in [1.165, 1.54) is 6.42 Å². The second-order valence-corrected chi connectivity index (χ2v) is 9.19. The Kier molecular flexibility index (Phi) is 5.80. The summed E-state index contributed by atoms with van der Waals surface area (Å²) in [4.78, 5) is 13.3. The zero-order valence-electron chi connectivity index (χ0n) is 17.4. The molecule has 6 nitrogen and oxygen atoms in total. The van der Waals surface area contributed by atoms with E-state index in [0.29, 0.717) is 17.4 Å². The molecule has 32 heavy (non-hydrogen) atoms. The van der Waals surface area contributed by atoms with Crippen LogP contribution in [0.3, 0.4) is 0 Å². The van der Waals surface area contributed by atoms with Crippen LogP contribution in [0.2, 0.25) is 0 Å². The normalized spacial score (nSPS) is 18.4. The molecule has 5 rings (SSSR count). The third-order valence-corrected chi connectivity index (χ3v) is 6.89. The predicted molar refractivity (Wildman–Crippen MR) is 124 cm³/mol. The van der Waals surface area contributed by atoms with Crippen molar-refractivity contribution in [3.63, 3.8) is 0 Å². The maximum atomic E-state index is 10.3. The molecule has 1 aromatic carbocycles. The minimum Gasteiger partial charge on any atom is -0.457 e. The van der Waals surface area contributed by atoms with Crippen LogP contribution in [0.25, 0.3) is 21.5 Å². The molecule has 1 fully saturated rings. The van der Waals surface area contributed by atoms with Gasteiger partial charge in [0.25, 0.3) is 0 Å². The molecule has 7 heteroatoms. The van der Waals surface area contributed by atoms with Crippen molar-refractivity contribution >= 4 is 21.6 Å². The van der Waals surface area contributed by atoms with Crippen molar-refractivity contribution in [3.05, 3.63) is 65.6 Å². The van der Waals surface area contributed by atoms with Gasteiger partial charge in [0.1, 0.15) is 23.3 Å². The van der Waals surface area contributed by atoms with Gasteiger partial charge in [0, 0.05) is 36.5 Å². The van der Waals surface area contributed by atoms with Gasteiger partial charge < -0.3 is 9.84 Å². The molecule has 0 saturated heterocycles. The molecular formula is C25H22N4O2S. The van der Waals surface area contributed by atoms with Crippen LogP contribution in [-0.2, 0) is 6.42 Å². The molecule has 0 aliphatic heterocycles. The average Bonchev–Trinajstić information content (AvgIpc) is 3.22. The lowest BCUT2D eigenvalue weighted by Gasteiger charge is -2.26. The van der Waals surface area contributed by atoms with Crippen LogP contribution >= 0.6 is 11.3 Å². The van der Waals surface area contributed by atoms with E-state index in [0.717, 1.165) is 57.9 Å². The number of thiazole rings is 1. The maximum Gasteiger partial charge on any atom is 0.140 e. The fourth-order valence-electron chi connectivity index (χ4n) is 4.13. The Balaban J connectivity index is 1.33. The van der Waals surface area contributed by atoms with Crippen molar-refractivity contribution in [1.82, 2.24) is 15.0 Å². The number of aliphatic hydroxyl groups is 1. The number of pyridine rings is 2. The monoisotopic (exact) mass is 442 g/mol. The van der Waals surface area contributed by atoms with E-state index in [2.05, 4.69) is 9.97 Å². The molecule has 3 heterocycles. The first-order chi connectivity index (χ1) is 15.7. The highest BCUT2D eigenvalue weighted by atomic mass is 32.1. The molecule has 0 spiro atoms. The molecule has 1 saturated carbocycles. The third-order valence-electron chi connectivity index (χ3n) is 5.85. The summed E-state index contributed by atoms with van der Waals surface area (Å²) in [5.74, 6) is 1.72. The Morgan fingerprint density at radius 3 is 2.75 bits per heavy atom. The number of aromatic nitrogens is 3. The fourth-order valence-corrected chi connectivity index (χ4v) is 5.22. The summed E-state index contributed by atoms with van der Waals surface area (Å²) in [5, 5.41) is 20.3. The number of nitriles is 1.